The number of hydrogen-bond donors (Lipinski definition) is 2. The molecular formula is C17H16IN3O2S. The summed E-state index contributed by atoms with van der Waals surface area (Å²) in [6.07, 6.45) is 0. The summed E-state index contributed by atoms with van der Waals surface area (Å²) < 4.78 is 0.854. The van der Waals surface area contributed by atoms with Gasteiger partial charge in [-0.15, -0.1) is 0 Å². The van der Waals surface area contributed by atoms with Crippen molar-refractivity contribution >= 4 is 63.1 Å². The highest BCUT2D eigenvalue weighted by molar-refractivity contribution is 14.1. The van der Waals surface area contributed by atoms with Crippen LogP contribution in [0.5, 0.6) is 0 Å². The molecule has 0 aliphatic rings. The van der Waals surface area contributed by atoms with Crippen LogP contribution in [-0.4, -0.2) is 24.0 Å². The van der Waals surface area contributed by atoms with Crippen LogP contribution in [0.3, 0.4) is 0 Å². The Morgan fingerprint density at radius 3 is 2.29 bits per heavy atom. The van der Waals surface area contributed by atoms with Gasteiger partial charge in [-0.25, -0.2) is 0 Å². The van der Waals surface area contributed by atoms with Crippen molar-refractivity contribution in [3.8, 4) is 0 Å². The number of nitrogens with one attached hydrogen (secondary N) is 2. The number of thiocarbonyl (C=S) groups is 1. The molecule has 0 aromatic heterocycles. The molecule has 0 aliphatic carbocycles. The number of carbonyl (C=O) groups is 2. The maximum atomic E-state index is 12.2. The van der Waals surface area contributed by atoms with Crippen molar-refractivity contribution < 1.29 is 9.59 Å². The maximum Gasteiger partial charge on any atom is 0.258 e. The van der Waals surface area contributed by atoms with Crippen molar-refractivity contribution in [1.29, 1.82) is 0 Å². The van der Waals surface area contributed by atoms with Gasteiger partial charge in [0, 0.05) is 28.9 Å². The summed E-state index contributed by atoms with van der Waals surface area (Å²) in [5.74, 6) is -0.304. The van der Waals surface area contributed by atoms with E-state index in [4.69, 9.17) is 12.2 Å². The molecule has 0 fully saturated rings. The Balaban J connectivity index is 1.99. The van der Waals surface area contributed by atoms with Gasteiger partial charge in [-0.05, 0) is 71.2 Å². The fourth-order valence-electron chi connectivity index (χ4n) is 1.93. The zero-order valence-electron chi connectivity index (χ0n) is 13.2. The number of anilines is 2. The molecule has 124 valence electrons. The Bertz CT molecular complexity index is 778. The van der Waals surface area contributed by atoms with Crippen molar-refractivity contribution in [2.75, 3.05) is 17.3 Å². The molecule has 5 nitrogen and oxygen atoms in total. The molecule has 2 rings (SSSR count). The highest BCUT2D eigenvalue weighted by Crippen LogP contribution is 2.17. The van der Waals surface area contributed by atoms with E-state index < -0.39 is 0 Å². The van der Waals surface area contributed by atoms with Gasteiger partial charge in [0.1, 0.15) is 0 Å². The lowest BCUT2D eigenvalue weighted by molar-refractivity contribution is -0.116. The highest BCUT2D eigenvalue weighted by Gasteiger charge is 2.11. The molecule has 2 N–H and O–H groups in total. The van der Waals surface area contributed by atoms with Crippen molar-refractivity contribution in [2.45, 2.75) is 6.92 Å². The van der Waals surface area contributed by atoms with Gasteiger partial charge in [0.25, 0.3) is 5.91 Å². The Labute approximate surface area is 159 Å². The first-order valence-corrected chi connectivity index (χ1v) is 8.58. The quantitative estimate of drug-likeness (QED) is 0.553. The van der Waals surface area contributed by atoms with Crippen LogP contribution in [0.1, 0.15) is 17.3 Å². The highest BCUT2D eigenvalue weighted by atomic mass is 127. The SMILES string of the molecule is CC(=O)N(C)c1ccc(NC(=S)NC(=O)c2ccccc2I)cc1. The average Bonchev–Trinajstić information content (AvgIpc) is 2.55. The van der Waals surface area contributed by atoms with Gasteiger partial charge in [0.05, 0.1) is 5.56 Å². The first-order valence-electron chi connectivity index (χ1n) is 7.09. The van der Waals surface area contributed by atoms with Crippen molar-refractivity contribution in [3.63, 3.8) is 0 Å². The molecule has 2 aromatic rings. The van der Waals surface area contributed by atoms with Gasteiger partial charge >= 0.3 is 0 Å². The molecule has 0 radical (unpaired) electrons. The number of amides is 2. The van der Waals surface area contributed by atoms with E-state index in [0.717, 1.165) is 14.9 Å². The van der Waals surface area contributed by atoms with E-state index in [0.29, 0.717) is 5.56 Å². The number of carbonyl (C=O) groups excluding carboxylic acids is 2. The molecule has 2 aromatic carbocycles. The molecule has 0 atom stereocenters. The van der Waals surface area contributed by atoms with Crippen LogP contribution in [0.15, 0.2) is 48.5 Å². The second kappa shape index (κ2) is 8.20. The van der Waals surface area contributed by atoms with Crippen LogP contribution in [0.25, 0.3) is 0 Å². The number of hydrogen-bond acceptors (Lipinski definition) is 3. The molecule has 0 bridgehead atoms. The van der Waals surface area contributed by atoms with E-state index in [-0.39, 0.29) is 16.9 Å². The smallest absolute Gasteiger partial charge is 0.258 e. The second-order valence-electron chi connectivity index (χ2n) is 5.01. The van der Waals surface area contributed by atoms with Gasteiger partial charge in [0.2, 0.25) is 5.91 Å². The van der Waals surface area contributed by atoms with Crippen LogP contribution >= 0.6 is 34.8 Å². The molecule has 0 saturated heterocycles. The van der Waals surface area contributed by atoms with Gasteiger partial charge in [-0.1, -0.05) is 12.1 Å². The van der Waals surface area contributed by atoms with Gasteiger partial charge in [0.15, 0.2) is 5.11 Å². The van der Waals surface area contributed by atoms with Gasteiger partial charge in [-0.3, -0.25) is 14.9 Å². The van der Waals surface area contributed by atoms with Crippen molar-refractivity contribution in [1.82, 2.24) is 5.32 Å². The topological polar surface area (TPSA) is 61.4 Å². The van der Waals surface area contributed by atoms with Gasteiger partial charge in [-0.2, -0.15) is 0 Å². The summed E-state index contributed by atoms with van der Waals surface area (Å²) in [5, 5.41) is 5.82. The predicted molar refractivity (Wildman–Crippen MR) is 108 cm³/mol. The van der Waals surface area contributed by atoms with E-state index in [9.17, 15) is 9.59 Å². The molecule has 0 heterocycles. The van der Waals surface area contributed by atoms with E-state index in [1.54, 1.807) is 48.3 Å². The van der Waals surface area contributed by atoms with E-state index in [2.05, 4.69) is 33.2 Å². The monoisotopic (exact) mass is 453 g/mol. The molecule has 0 saturated carbocycles. The molecule has 24 heavy (non-hydrogen) atoms. The van der Waals surface area contributed by atoms with Crippen LogP contribution in [-0.2, 0) is 4.79 Å². The Kier molecular flexibility index (Phi) is 6.27. The fourth-order valence-corrected chi connectivity index (χ4v) is 2.77. The second-order valence-corrected chi connectivity index (χ2v) is 6.58. The lowest BCUT2D eigenvalue weighted by Crippen LogP contribution is -2.34. The number of rotatable bonds is 3. The van der Waals surface area contributed by atoms with Crippen molar-refractivity contribution in [2.24, 2.45) is 0 Å². The first-order chi connectivity index (χ1) is 11.4. The summed E-state index contributed by atoms with van der Waals surface area (Å²) in [5.41, 5.74) is 2.08. The van der Waals surface area contributed by atoms with Gasteiger partial charge < -0.3 is 10.2 Å². The summed E-state index contributed by atoms with van der Waals surface area (Å²) in [4.78, 5) is 25.1. The molecule has 7 heteroatoms. The minimum Gasteiger partial charge on any atom is -0.332 e. The summed E-state index contributed by atoms with van der Waals surface area (Å²) in [6.45, 7) is 1.50. The molecule has 2 amide bonds. The van der Waals surface area contributed by atoms with E-state index >= 15 is 0 Å². The van der Waals surface area contributed by atoms with Crippen LogP contribution in [0, 0.1) is 3.57 Å². The fraction of sp³-hybridized carbons (Fsp3) is 0.118. The molecule has 0 aliphatic heterocycles. The third kappa shape index (κ3) is 4.75. The Morgan fingerprint density at radius 2 is 1.71 bits per heavy atom. The molecule has 0 spiro atoms. The Morgan fingerprint density at radius 1 is 1.08 bits per heavy atom. The van der Waals surface area contributed by atoms with E-state index in [1.807, 2.05) is 12.1 Å². The predicted octanol–water partition coefficient (Wildman–Crippen LogP) is 3.40. The number of benzene rings is 2. The van der Waals surface area contributed by atoms with Crippen LogP contribution in [0.4, 0.5) is 11.4 Å². The summed E-state index contributed by atoms with van der Waals surface area (Å²) in [7, 11) is 1.71. The average molecular weight is 453 g/mol. The minimum absolute atomic E-state index is 0.0454. The number of halogens is 1. The minimum atomic E-state index is -0.259. The molecular weight excluding hydrogens is 437 g/mol. The van der Waals surface area contributed by atoms with Crippen LogP contribution in [0.2, 0.25) is 0 Å². The lowest BCUT2D eigenvalue weighted by Gasteiger charge is -2.16. The summed E-state index contributed by atoms with van der Waals surface area (Å²) in [6, 6.07) is 14.5. The molecule has 0 unspecified atom stereocenters. The zero-order valence-corrected chi connectivity index (χ0v) is 16.1. The standard InChI is InChI=1S/C17H16IN3O2S/c1-11(22)21(2)13-9-7-12(8-10-13)19-17(24)20-16(23)14-5-3-4-6-15(14)18/h3-10H,1-2H3,(H2,19,20,23,24). The first kappa shape index (κ1) is 18.3. The lowest BCUT2D eigenvalue weighted by atomic mass is 10.2. The third-order valence-corrected chi connectivity index (χ3v) is 4.48. The van der Waals surface area contributed by atoms with Crippen LogP contribution < -0.4 is 15.5 Å². The normalized spacial score (nSPS) is 9.96. The third-order valence-electron chi connectivity index (χ3n) is 3.33. The number of nitrogens with zero attached hydrogens (tertiary/aromatic N) is 1. The summed E-state index contributed by atoms with van der Waals surface area (Å²) >= 11 is 7.28. The van der Waals surface area contributed by atoms with Crippen molar-refractivity contribution in [3.05, 3.63) is 57.7 Å². The van der Waals surface area contributed by atoms with E-state index in [1.165, 1.54) is 6.92 Å². The zero-order chi connectivity index (χ0) is 17.7. The largest absolute Gasteiger partial charge is 0.332 e. The maximum absolute atomic E-state index is 12.2. The Hall–Kier alpha value is -2.00.